The fourth-order valence-electron chi connectivity index (χ4n) is 2.83. The van der Waals surface area contributed by atoms with Gasteiger partial charge in [-0.15, -0.1) is 0 Å². The zero-order valence-electron chi connectivity index (χ0n) is 15.2. The van der Waals surface area contributed by atoms with E-state index >= 15 is 0 Å². The van der Waals surface area contributed by atoms with Gasteiger partial charge in [-0.05, 0) is 72.3 Å². The van der Waals surface area contributed by atoms with E-state index in [1.54, 1.807) is 12.7 Å². The third kappa shape index (κ3) is 3.59. The maximum atomic E-state index is 6.07. The lowest BCUT2D eigenvalue weighted by Crippen LogP contribution is -2.00. The number of halogens is 1. The van der Waals surface area contributed by atoms with E-state index in [2.05, 4.69) is 42.9 Å². The molecule has 2 heterocycles. The molecule has 7 heteroatoms. The van der Waals surface area contributed by atoms with Gasteiger partial charge < -0.3 is 14.6 Å². The van der Waals surface area contributed by atoms with Crippen molar-refractivity contribution in [3.8, 4) is 11.5 Å². The first-order chi connectivity index (χ1) is 13.0. The van der Waals surface area contributed by atoms with E-state index in [9.17, 15) is 0 Å². The van der Waals surface area contributed by atoms with E-state index in [4.69, 9.17) is 4.74 Å². The fraction of sp³-hybridized carbons (Fsp3) is 0.150. The molecule has 0 aliphatic carbocycles. The van der Waals surface area contributed by atoms with Crippen LogP contribution in [0, 0.1) is 17.4 Å². The Kier molecular flexibility index (Phi) is 4.69. The van der Waals surface area contributed by atoms with Crippen molar-refractivity contribution in [2.24, 2.45) is 7.05 Å². The Labute approximate surface area is 170 Å². The van der Waals surface area contributed by atoms with Crippen molar-refractivity contribution in [2.75, 3.05) is 5.32 Å². The predicted molar refractivity (Wildman–Crippen MR) is 115 cm³/mol. The molecule has 6 nitrogen and oxygen atoms in total. The van der Waals surface area contributed by atoms with Gasteiger partial charge in [-0.3, -0.25) is 0 Å². The highest BCUT2D eigenvalue weighted by Gasteiger charge is 2.09. The number of hydrogen-bond donors (Lipinski definition) is 1. The van der Waals surface area contributed by atoms with Gasteiger partial charge in [-0.1, -0.05) is 0 Å². The Morgan fingerprint density at radius 3 is 2.70 bits per heavy atom. The quantitative estimate of drug-likeness (QED) is 0.419. The molecule has 27 heavy (non-hydrogen) atoms. The highest BCUT2D eigenvalue weighted by Crippen LogP contribution is 2.30. The minimum atomic E-state index is 0.769. The number of rotatable bonds is 4. The van der Waals surface area contributed by atoms with E-state index in [0.717, 1.165) is 48.9 Å². The molecule has 1 N–H and O–H groups in total. The molecule has 2 aromatic heterocycles. The summed E-state index contributed by atoms with van der Waals surface area (Å²) in [5.74, 6) is 2.38. The minimum Gasteiger partial charge on any atom is -0.457 e. The average Bonchev–Trinajstić information content (AvgIpc) is 3.02. The Hall–Kier alpha value is -2.68. The Balaban J connectivity index is 1.56. The van der Waals surface area contributed by atoms with Crippen molar-refractivity contribution in [3.63, 3.8) is 0 Å². The minimum absolute atomic E-state index is 0.769. The number of hydrogen-bond acceptors (Lipinski definition) is 5. The Bertz CT molecular complexity index is 1140. The molecule has 0 atom stereocenters. The van der Waals surface area contributed by atoms with Crippen molar-refractivity contribution in [3.05, 3.63) is 63.9 Å². The number of nitrogens with zero attached hydrogens (tertiary/aromatic N) is 4. The molecule has 0 saturated heterocycles. The lowest BCUT2D eigenvalue weighted by molar-refractivity contribution is 0.479. The number of aromatic nitrogens is 4. The summed E-state index contributed by atoms with van der Waals surface area (Å²) in [6.07, 6.45) is 3.37. The largest absolute Gasteiger partial charge is 0.457 e. The van der Waals surface area contributed by atoms with Gasteiger partial charge in [0.15, 0.2) is 0 Å². The predicted octanol–water partition coefficient (Wildman–Crippen LogP) is 5.12. The van der Waals surface area contributed by atoms with Crippen LogP contribution in [-0.4, -0.2) is 19.5 Å². The van der Waals surface area contributed by atoms with E-state index in [-0.39, 0.29) is 0 Å². The summed E-state index contributed by atoms with van der Waals surface area (Å²) >= 11 is 2.25. The summed E-state index contributed by atoms with van der Waals surface area (Å²) in [6, 6.07) is 11.9. The summed E-state index contributed by atoms with van der Waals surface area (Å²) in [4.78, 5) is 12.9. The van der Waals surface area contributed by atoms with Crippen LogP contribution in [0.3, 0.4) is 0 Å². The SMILES string of the molecule is Cc1cc(Nc2ncnc(C)c2I)ccc1Oc1ccc2c(c1)ncn2C. The summed E-state index contributed by atoms with van der Waals surface area (Å²) in [6.45, 7) is 3.99. The van der Waals surface area contributed by atoms with E-state index in [1.165, 1.54) is 0 Å². The lowest BCUT2D eigenvalue weighted by Gasteiger charge is -2.12. The summed E-state index contributed by atoms with van der Waals surface area (Å²) < 4.78 is 9.07. The molecule has 0 saturated carbocycles. The summed E-state index contributed by atoms with van der Waals surface area (Å²) in [5, 5.41) is 3.34. The fourth-order valence-corrected chi connectivity index (χ4v) is 3.24. The number of nitrogens with one attached hydrogen (secondary N) is 1. The smallest absolute Gasteiger partial charge is 0.147 e. The molecule has 4 aromatic rings. The second kappa shape index (κ2) is 7.15. The van der Waals surface area contributed by atoms with E-state index in [0.29, 0.717) is 0 Å². The van der Waals surface area contributed by atoms with Crippen LogP contribution in [0.2, 0.25) is 0 Å². The molecular weight excluding hydrogens is 453 g/mol. The third-order valence-electron chi connectivity index (χ3n) is 4.33. The number of benzene rings is 2. The van der Waals surface area contributed by atoms with Gasteiger partial charge in [0.05, 0.1) is 26.6 Å². The van der Waals surface area contributed by atoms with Crippen LogP contribution < -0.4 is 10.1 Å². The Morgan fingerprint density at radius 2 is 1.89 bits per heavy atom. The standard InChI is InChI=1S/C20H18IN5O/c1-12-8-14(25-20-19(21)13(2)22-10-23-20)4-7-18(12)27-15-5-6-17-16(9-15)24-11-26(17)3/h4-11H,1-3H3,(H,22,23,25). The molecule has 0 radical (unpaired) electrons. The third-order valence-corrected chi connectivity index (χ3v) is 5.62. The first kappa shape index (κ1) is 17.7. The van der Waals surface area contributed by atoms with Gasteiger partial charge >= 0.3 is 0 Å². The molecule has 0 aliphatic rings. The summed E-state index contributed by atoms with van der Waals surface area (Å²) in [5.41, 5.74) is 4.93. The normalized spacial score (nSPS) is 11.0. The zero-order chi connectivity index (χ0) is 19.0. The second-order valence-corrected chi connectivity index (χ2v) is 7.41. The number of fused-ring (bicyclic) bond motifs is 1. The number of anilines is 2. The van der Waals surface area contributed by atoms with Gasteiger partial charge in [0.2, 0.25) is 0 Å². The zero-order valence-corrected chi connectivity index (χ0v) is 17.4. The molecule has 0 fully saturated rings. The van der Waals surface area contributed by atoms with Crippen LogP contribution >= 0.6 is 22.6 Å². The van der Waals surface area contributed by atoms with Crippen molar-refractivity contribution in [1.82, 2.24) is 19.5 Å². The molecule has 4 rings (SSSR count). The number of ether oxygens (including phenoxy) is 1. The van der Waals surface area contributed by atoms with Crippen LogP contribution in [0.15, 0.2) is 49.1 Å². The van der Waals surface area contributed by atoms with E-state index in [1.807, 2.05) is 61.9 Å². The molecule has 136 valence electrons. The van der Waals surface area contributed by atoms with Crippen LogP contribution in [0.1, 0.15) is 11.3 Å². The maximum absolute atomic E-state index is 6.07. The van der Waals surface area contributed by atoms with Crippen molar-refractivity contribution >= 4 is 45.1 Å². The highest BCUT2D eigenvalue weighted by atomic mass is 127. The maximum Gasteiger partial charge on any atom is 0.147 e. The second-order valence-electron chi connectivity index (χ2n) is 6.34. The molecule has 0 spiro atoms. The van der Waals surface area contributed by atoms with Crippen LogP contribution in [0.5, 0.6) is 11.5 Å². The summed E-state index contributed by atoms with van der Waals surface area (Å²) in [7, 11) is 1.98. The van der Waals surface area contributed by atoms with Crippen LogP contribution in [0.4, 0.5) is 11.5 Å². The lowest BCUT2D eigenvalue weighted by atomic mass is 10.2. The highest BCUT2D eigenvalue weighted by molar-refractivity contribution is 14.1. The van der Waals surface area contributed by atoms with Gasteiger partial charge in [0.25, 0.3) is 0 Å². The van der Waals surface area contributed by atoms with Crippen molar-refractivity contribution in [1.29, 1.82) is 0 Å². The molecular formula is C20H18IN5O. The van der Waals surface area contributed by atoms with Gasteiger partial charge in [-0.25, -0.2) is 15.0 Å². The molecule has 2 aromatic carbocycles. The average molecular weight is 471 g/mol. The molecule has 0 aliphatic heterocycles. The number of imidazole rings is 1. The van der Waals surface area contributed by atoms with Crippen LogP contribution in [0.25, 0.3) is 11.0 Å². The monoisotopic (exact) mass is 471 g/mol. The van der Waals surface area contributed by atoms with Crippen molar-refractivity contribution in [2.45, 2.75) is 13.8 Å². The van der Waals surface area contributed by atoms with Gasteiger partial charge in [0.1, 0.15) is 23.6 Å². The van der Waals surface area contributed by atoms with Crippen LogP contribution in [-0.2, 0) is 7.05 Å². The topological polar surface area (TPSA) is 64.9 Å². The molecule has 0 amide bonds. The molecule has 0 unspecified atom stereocenters. The number of aryl methyl sites for hydroxylation is 3. The van der Waals surface area contributed by atoms with Gasteiger partial charge in [-0.2, -0.15) is 0 Å². The first-order valence-corrected chi connectivity index (χ1v) is 9.53. The van der Waals surface area contributed by atoms with E-state index < -0.39 is 0 Å². The Morgan fingerprint density at radius 1 is 1.04 bits per heavy atom. The van der Waals surface area contributed by atoms with Gasteiger partial charge in [0, 0.05) is 18.8 Å². The first-order valence-electron chi connectivity index (χ1n) is 8.45. The van der Waals surface area contributed by atoms with Crippen molar-refractivity contribution < 1.29 is 4.74 Å². The molecule has 0 bridgehead atoms.